The number of nitrogens with one attached hydrogen (secondary N) is 2. The fourth-order valence-corrected chi connectivity index (χ4v) is 2.39. The molecule has 0 saturated carbocycles. The van der Waals surface area contributed by atoms with E-state index < -0.39 is 24.5 Å². The van der Waals surface area contributed by atoms with Gasteiger partial charge in [-0.25, -0.2) is 9.59 Å². The number of carbonyl (C=O) groups excluding carboxylic acids is 3. The first kappa shape index (κ1) is 21.0. The predicted octanol–water partition coefficient (Wildman–Crippen LogP) is 2.43. The molecular weight excluding hydrogens is 360 g/mol. The Morgan fingerprint density at radius 3 is 2.32 bits per heavy atom. The number of para-hydroxylation sites is 1. The van der Waals surface area contributed by atoms with Crippen LogP contribution < -0.4 is 15.4 Å². The van der Waals surface area contributed by atoms with Gasteiger partial charge in [-0.3, -0.25) is 10.1 Å². The van der Waals surface area contributed by atoms with Crippen LogP contribution in [-0.4, -0.2) is 37.2 Å². The molecule has 0 unspecified atom stereocenters. The van der Waals surface area contributed by atoms with E-state index in [1.165, 1.54) is 0 Å². The first-order valence-corrected chi connectivity index (χ1v) is 8.94. The summed E-state index contributed by atoms with van der Waals surface area (Å²) in [5.41, 5.74) is 2.06. The van der Waals surface area contributed by atoms with E-state index in [9.17, 15) is 14.4 Å². The highest BCUT2D eigenvalue weighted by Crippen LogP contribution is 2.21. The Kier molecular flexibility index (Phi) is 8.02. The van der Waals surface area contributed by atoms with Crippen molar-refractivity contribution in [3.8, 4) is 5.75 Å². The highest BCUT2D eigenvalue weighted by Gasteiger charge is 2.13. The lowest BCUT2D eigenvalue weighted by Gasteiger charge is -2.12. The molecular formula is C21H24N2O5. The molecule has 2 rings (SSSR count). The fourth-order valence-electron chi connectivity index (χ4n) is 2.39. The third-order valence-electron chi connectivity index (χ3n) is 3.59. The molecule has 0 aliphatic carbocycles. The minimum absolute atomic E-state index is 0.111. The highest BCUT2D eigenvalue weighted by molar-refractivity contribution is 5.95. The molecule has 7 nitrogen and oxygen atoms in total. The SMILES string of the molecule is CC(C)NC(=O)NC(=O)COC(=O)COc1ccccc1Cc1ccccc1. The molecule has 2 N–H and O–H groups in total. The third kappa shape index (κ3) is 7.49. The van der Waals surface area contributed by atoms with Gasteiger partial charge in [0.1, 0.15) is 5.75 Å². The highest BCUT2D eigenvalue weighted by atomic mass is 16.6. The number of ether oxygens (including phenoxy) is 2. The maximum absolute atomic E-state index is 11.8. The predicted molar refractivity (Wildman–Crippen MR) is 104 cm³/mol. The Morgan fingerprint density at radius 1 is 0.929 bits per heavy atom. The van der Waals surface area contributed by atoms with E-state index in [0.29, 0.717) is 12.2 Å². The molecule has 0 atom stereocenters. The zero-order chi connectivity index (χ0) is 20.4. The Bertz CT molecular complexity index is 805. The van der Waals surface area contributed by atoms with Crippen molar-refractivity contribution in [1.82, 2.24) is 10.6 Å². The van der Waals surface area contributed by atoms with E-state index in [4.69, 9.17) is 9.47 Å². The van der Waals surface area contributed by atoms with Crippen LogP contribution in [0.4, 0.5) is 4.79 Å². The van der Waals surface area contributed by atoms with Gasteiger partial charge in [0, 0.05) is 12.5 Å². The lowest BCUT2D eigenvalue weighted by atomic mass is 10.0. The molecule has 0 aliphatic heterocycles. The minimum Gasteiger partial charge on any atom is -0.482 e. The van der Waals surface area contributed by atoms with Gasteiger partial charge in [0.15, 0.2) is 13.2 Å². The van der Waals surface area contributed by atoms with Gasteiger partial charge in [0.05, 0.1) is 0 Å². The number of hydrogen-bond donors (Lipinski definition) is 2. The summed E-state index contributed by atoms with van der Waals surface area (Å²) in [6, 6.07) is 16.6. The standard InChI is InChI=1S/C21H24N2O5/c1-15(2)22-21(26)23-19(24)13-28-20(25)14-27-18-11-7-6-10-17(18)12-16-8-4-3-5-9-16/h3-11,15H,12-14H2,1-2H3,(H2,22,23,24,26). The van der Waals surface area contributed by atoms with Crippen LogP contribution in [0.5, 0.6) is 5.75 Å². The lowest BCUT2D eigenvalue weighted by Crippen LogP contribution is -2.44. The molecule has 0 aliphatic rings. The van der Waals surface area contributed by atoms with Crippen molar-refractivity contribution < 1.29 is 23.9 Å². The number of carbonyl (C=O) groups is 3. The molecule has 0 radical (unpaired) electrons. The van der Waals surface area contributed by atoms with Gasteiger partial charge in [-0.1, -0.05) is 48.5 Å². The second kappa shape index (κ2) is 10.7. The fraction of sp³-hybridized carbons (Fsp3) is 0.286. The Hall–Kier alpha value is -3.35. The van der Waals surface area contributed by atoms with Crippen LogP contribution in [-0.2, 0) is 20.7 Å². The number of hydrogen-bond acceptors (Lipinski definition) is 5. The molecule has 3 amide bonds. The molecule has 2 aromatic carbocycles. The summed E-state index contributed by atoms with van der Waals surface area (Å²) in [4.78, 5) is 34.8. The molecule has 0 saturated heterocycles. The van der Waals surface area contributed by atoms with Crippen molar-refractivity contribution in [1.29, 1.82) is 0 Å². The summed E-state index contributed by atoms with van der Waals surface area (Å²) >= 11 is 0. The number of urea groups is 1. The number of rotatable bonds is 8. The van der Waals surface area contributed by atoms with Gasteiger partial charge in [-0.2, -0.15) is 0 Å². The second-order valence-corrected chi connectivity index (χ2v) is 6.40. The number of amides is 3. The average Bonchev–Trinajstić information content (AvgIpc) is 2.66. The van der Waals surface area contributed by atoms with Crippen molar-refractivity contribution in [3.05, 3.63) is 65.7 Å². The molecule has 0 heterocycles. The molecule has 0 aromatic heterocycles. The quantitative estimate of drug-likeness (QED) is 0.682. The summed E-state index contributed by atoms with van der Waals surface area (Å²) in [5, 5.41) is 4.57. The number of benzene rings is 2. The first-order valence-electron chi connectivity index (χ1n) is 8.94. The normalized spacial score (nSPS) is 10.2. The van der Waals surface area contributed by atoms with Crippen LogP contribution in [0.3, 0.4) is 0 Å². The largest absolute Gasteiger partial charge is 0.482 e. The number of esters is 1. The van der Waals surface area contributed by atoms with Gasteiger partial charge in [0.25, 0.3) is 5.91 Å². The third-order valence-corrected chi connectivity index (χ3v) is 3.59. The van der Waals surface area contributed by atoms with Crippen molar-refractivity contribution in [2.75, 3.05) is 13.2 Å². The summed E-state index contributed by atoms with van der Waals surface area (Å²) in [6.07, 6.45) is 0.666. The smallest absolute Gasteiger partial charge is 0.344 e. The Labute approximate surface area is 164 Å². The van der Waals surface area contributed by atoms with Crippen molar-refractivity contribution >= 4 is 17.9 Å². The van der Waals surface area contributed by atoms with Gasteiger partial charge in [-0.05, 0) is 31.0 Å². The van der Waals surface area contributed by atoms with E-state index in [1.807, 2.05) is 48.5 Å². The summed E-state index contributed by atoms with van der Waals surface area (Å²) in [6.45, 7) is 2.63. The van der Waals surface area contributed by atoms with Crippen LogP contribution in [0.25, 0.3) is 0 Å². The van der Waals surface area contributed by atoms with Gasteiger partial charge < -0.3 is 14.8 Å². The molecule has 7 heteroatoms. The Morgan fingerprint density at radius 2 is 1.61 bits per heavy atom. The molecule has 28 heavy (non-hydrogen) atoms. The number of imide groups is 1. The molecule has 148 valence electrons. The lowest BCUT2D eigenvalue weighted by molar-refractivity contribution is -0.150. The maximum Gasteiger partial charge on any atom is 0.344 e. The van der Waals surface area contributed by atoms with Crippen LogP contribution in [0.2, 0.25) is 0 Å². The van der Waals surface area contributed by atoms with Gasteiger partial charge >= 0.3 is 12.0 Å². The van der Waals surface area contributed by atoms with Crippen LogP contribution in [0, 0.1) is 0 Å². The monoisotopic (exact) mass is 384 g/mol. The second-order valence-electron chi connectivity index (χ2n) is 6.40. The van der Waals surface area contributed by atoms with E-state index in [0.717, 1.165) is 11.1 Å². The molecule has 0 spiro atoms. The van der Waals surface area contributed by atoms with Crippen LogP contribution in [0.15, 0.2) is 54.6 Å². The molecule has 2 aromatic rings. The van der Waals surface area contributed by atoms with E-state index in [2.05, 4.69) is 10.6 Å². The summed E-state index contributed by atoms with van der Waals surface area (Å²) in [5.74, 6) is -0.839. The van der Waals surface area contributed by atoms with Crippen molar-refractivity contribution in [3.63, 3.8) is 0 Å². The summed E-state index contributed by atoms with van der Waals surface area (Å²) in [7, 11) is 0. The first-order chi connectivity index (χ1) is 13.4. The van der Waals surface area contributed by atoms with Crippen molar-refractivity contribution in [2.24, 2.45) is 0 Å². The summed E-state index contributed by atoms with van der Waals surface area (Å²) < 4.78 is 10.4. The average molecular weight is 384 g/mol. The molecule has 0 bridgehead atoms. The zero-order valence-electron chi connectivity index (χ0n) is 15.9. The van der Waals surface area contributed by atoms with Crippen LogP contribution in [0.1, 0.15) is 25.0 Å². The van der Waals surface area contributed by atoms with Crippen LogP contribution >= 0.6 is 0 Å². The topological polar surface area (TPSA) is 93.7 Å². The van der Waals surface area contributed by atoms with E-state index >= 15 is 0 Å². The molecule has 0 fully saturated rings. The minimum atomic E-state index is -0.712. The van der Waals surface area contributed by atoms with Crippen molar-refractivity contribution in [2.45, 2.75) is 26.3 Å². The van der Waals surface area contributed by atoms with E-state index in [-0.39, 0.29) is 12.6 Å². The van der Waals surface area contributed by atoms with Gasteiger partial charge in [-0.15, -0.1) is 0 Å². The zero-order valence-corrected chi connectivity index (χ0v) is 15.9. The Balaban J connectivity index is 1.80. The van der Waals surface area contributed by atoms with Gasteiger partial charge in [0.2, 0.25) is 0 Å². The maximum atomic E-state index is 11.8. The van der Waals surface area contributed by atoms with E-state index in [1.54, 1.807) is 19.9 Å².